The number of hydrogen-bond acceptors (Lipinski definition) is 2. The highest BCUT2D eigenvalue weighted by Gasteiger charge is 2.33. The molecule has 0 saturated heterocycles. The van der Waals surface area contributed by atoms with E-state index in [1.807, 2.05) is 0 Å². The summed E-state index contributed by atoms with van der Waals surface area (Å²) in [6.07, 6.45) is 0. The summed E-state index contributed by atoms with van der Waals surface area (Å²) in [4.78, 5) is 4.64. The monoisotopic (exact) mass is 190 g/mol. The van der Waals surface area contributed by atoms with Crippen LogP contribution in [0.5, 0.6) is 0 Å². The highest BCUT2D eigenvalue weighted by molar-refractivity contribution is 5.78. The van der Waals surface area contributed by atoms with Gasteiger partial charge in [-0.2, -0.15) is 0 Å². The van der Waals surface area contributed by atoms with Crippen molar-refractivity contribution in [1.82, 2.24) is 4.90 Å². The van der Waals surface area contributed by atoms with Gasteiger partial charge in [-0.25, -0.2) is 0 Å². The number of benzene rings is 1. The summed E-state index contributed by atoms with van der Waals surface area (Å²) in [6, 6.07) is 8.69. The Morgan fingerprint density at radius 2 is 1.79 bits per heavy atom. The van der Waals surface area contributed by atoms with Crippen molar-refractivity contribution < 1.29 is 0 Å². The smallest absolute Gasteiger partial charge is 0.0521 e. The molecule has 0 saturated carbocycles. The summed E-state index contributed by atoms with van der Waals surface area (Å²) in [5.41, 5.74) is 2.87. The summed E-state index contributed by atoms with van der Waals surface area (Å²) in [5, 5.41) is 0. The Kier molecular flexibility index (Phi) is 2.04. The van der Waals surface area contributed by atoms with E-state index in [1.54, 1.807) is 0 Å². The first-order valence-corrected chi connectivity index (χ1v) is 5.06. The van der Waals surface area contributed by atoms with Crippen molar-refractivity contribution in [2.24, 2.45) is 0 Å². The van der Waals surface area contributed by atoms with Crippen molar-refractivity contribution in [3.05, 3.63) is 24.3 Å². The van der Waals surface area contributed by atoms with E-state index >= 15 is 0 Å². The lowest BCUT2D eigenvalue weighted by molar-refractivity contribution is 0.312. The average molecular weight is 190 g/mol. The van der Waals surface area contributed by atoms with E-state index in [0.717, 1.165) is 6.54 Å². The molecule has 14 heavy (non-hydrogen) atoms. The van der Waals surface area contributed by atoms with Crippen molar-refractivity contribution in [2.75, 3.05) is 25.5 Å². The van der Waals surface area contributed by atoms with Crippen molar-refractivity contribution in [3.8, 4) is 0 Å². The second kappa shape index (κ2) is 2.99. The molecule has 0 spiro atoms. The second-order valence-electron chi connectivity index (χ2n) is 4.91. The summed E-state index contributed by atoms with van der Waals surface area (Å²) in [7, 11) is 4.24. The van der Waals surface area contributed by atoms with Crippen LogP contribution in [0, 0.1) is 0 Å². The fraction of sp³-hybridized carbons (Fsp3) is 0.500. The second-order valence-corrected chi connectivity index (χ2v) is 4.91. The van der Waals surface area contributed by atoms with E-state index in [0.29, 0.717) is 0 Å². The van der Waals surface area contributed by atoms with Crippen molar-refractivity contribution in [1.29, 1.82) is 0 Å². The van der Waals surface area contributed by atoms with Crippen LogP contribution in [0.3, 0.4) is 0 Å². The molecule has 1 aromatic carbocycles. The number of hydrogen-bond donors (Lipinski definition) is 0. The number of fused-ring (bicyclic) bond motifs is 2. The Hall–Kier alpha value is -1.02. The maximum Gasteiger partial charge on any atom is 0.0521 e. The molecule has 0 aliphatic carbocycles. The van der Waals surface area contributed by atoms with Gasteiger partial charge in [0.1, 0.15) is 0 Å². The Labute approximate surface area is 86.1 Å². The molecule has 0 N–H and O–H groups in total. The number of anilines is 2. The first kappa shape index (κ1) is 9.53. The maximum absolute atomic E-state index is 2.41. The minimum atomic E-state index is 0.185. The molecule has 1 aromatic rings. The lowest BCUT2D eigenvalue weighted by Crippen LogP contribution is -2.50. The third-order valence-corrected chi connectivity index (χ3v) is 2.65. The molecule has 0 unspecified atom stereocenters. The van der Waals surface area contributed by atoms with Crippen LogP contribution in [-0.4, -0.2) is 31.1 Å². The van der Waals surface area contributed by atoms with Crippen LogP contribution in [0.1, 0.15) is 13.8 Å². The van der Waals surface area contributed by atoms with Crippen molar-refractivity contribution in [2.45, 2.75) is 19.4 Å². The van der Waals surface area contributed by atoms with Gasteiger partial charge in [0.2, 0.25) is 0 Å². The lowest BCUT2D eigenvalue weighted by Gasteiger charge is -2.47. The predicted molar refractivity (Wildman–Crippen MR) is 61.2 cm³/mol. The van der Waals surface area contributed by atoms with Crippen LogP contribution in [0.15, 0.2) is 24.3 Å². The van der Waals surface area contributed by atoms with E-state index in [9.17, 15) is 0 Å². The molecular weight excluding hydrogens is 172 g/mol. The molecule has 2 heteroatoms. The minimum absolute atomic E-state index is 0.185. The summed E-state index contributed by atoms with van der Waals surface area (Å²) >= 11 is 0. The highest BCUT2D eigenvalue weighted by atomic mass is 15.3. The van der Waals surface area contributed by atoms with Gasteiger partial charge in [-0.3, -0.25) is 0 Å². The van der Waals surface area contributed by atoms with Crippen molar-refractivity contribution in [3.63, 3.8) is 0 Å². The van der Waals surface area contributed by atoms with Crippen LogP contribution < -0.4 is 4.90 Å². The molecule has 3 rings (SSSR count). The largest absolute Gasteiger partial charge is 0.334 e. The standard InChI is InChI=1S/C12H18N2/c1-12(2,9-13(3)4)14-10-6-5-7-11(14)8-10/h5-8H,9H2,1-4H3. The summed E-state index contributed by atoms with van der Waals surface area (Å²) in [5.74, 6) is 0. The van der Waals surface area contributed by atoms with E-state index in [2.05, 4.69) is 62.0 Å². The number of rotatable bonds is 3. The maximum atomic E-state index is 2.41. The lowest BCUT2D eigenvalue weighted by atomic mass is 9.95. The first-order valence-electron chi connectivity index (χ1n) is 5.06. The van der Waals surface area contributed by atoms with Gasteiger partial charge in [-0.05, 0) is 46.1 Å². The van der Waals surface area contributed by atoms with Gasteiger partial charge >= 0.3 is 0 Å². The molecule has 0 atom stereocenters. The quantitative estimate of drug-likeness (QED) is 0.722. The molecule has 2 aliphatic rings. The fourth-order valence-corrected chi connectivity index (χ4v) is 2.40. The van der Waals surface area contributed by atoms with Crippen LogP contribution in [-0.2, 0) is 0 Å². The Morgan fingerprint density at radius 1 is 1.21 bits per heavy atom. The molecule has 0 radical (unpaired) electrons. The summed E-state index contributed by atoms with van der Waals surface area (Å²) in [6.45, 7) is 5.63. The van der Waals surface area contributed by atoms with Gasteiger partial charge in [0.05, 0.1) is 5.54 Å². The summed E-state index contributed by atoms with van der Waals surface area (Å²) < 4.78 is 0. The molecule has 0 amide bonds. The first-order chi connectivity index (χ1) is 6.50. The molecular formula is C12H18N2. The average Bonchev–Trinajstić information content (AvgIpc) is 2.01. The third-order valence-electron chi connectivity index (χ3n) is 2.65. The molecule has 0 fully saturated rings. The third kappa shape index (κ3) is 1.40. The number of likely N-dealkylation sites (N-methyl/N-ethyl adjacent to an activating group) is 1. The van der Waals surface area contributed by atoms with Crippen LogP contribution in [0.25, 0.3) is 0 Å². The van der Waals surface area contributed by atoms with Gasteiger partial charge < -0.3 is 9.80 Å². The van der Waals surface area contributed by atoms with E-state index < -0.39 is 0 Å². The fourth-order valence-electron chi connectivity index (χ4n) is 2.40. The Bertz CT molecular complexity index is 315. The Morgan fingerprint density at radius 3 is 2.21 bits per heavy atom. The van der Waals surface area contributed by atoms with Gasteiger partial charge in [-0.15, -0.1) is 0 Å². The van der Waals surface area contributed by atoms with Crippen molar-refractivity contribution >= 4 is 11.4 Å². The normalized spacial score (nSPS) is 14.5. The molecule has 2 bridgehead atoms. The molecule has 0 aromatic heterocycles. The number of nitrogens with zero attached hydrogens (tertiary/aromatic N) is 2. The zero-order valence-corrected chi connectivity index (χ0v) is 9.41. The molecule has 2 heterocycles. The van der Waals surface area contributed by atoms with Crippen LogP contribution >= 0.6 is 0 Å². The zero-order valence-electron chi connectivity index (χ0n) is 9.41. The SMILES string of the molecule is CN(C)CC(C)(C)N1c2cccc1c2. The van der Waals surface area contributed by atoms with Crippen LogP contribution in [0.2, 0.25) is 0 Å². The molecule has 2 nitrogen and oxygen atoms in total. The van der Waals surface area contributed by atoms with Gasteiger partial charge in [-0.1, -0.05) is 6.07 Å². The van der Waals surface area contributed by atoms with Gasteiger partial charge in [0.15, 0.2) is 0 Å². The van der Waals surface area contributed by atoms with E-state index in [4.69, 9.17) is 0 Å². The Balaban J connectivity index is 2.17. The highest BCUT2D eigenvalue weighted by Crippen LogP contribution is 2.42. The van der Waals surface area contributed by atoms with Gasteiger partial charge in [0, 0.05) is 17.9 Å². The minimum Gasteiger partial charge on any atom is -0.334 e. The topological polar surface area (TPSA) is 6.48 Å². The van der Waals surface area contributed by atoms with Crippen LogP contribution in [0.4, 0.5) is 11.4 Å². The molecule has 2 aliphatic heterocycles. The predicted octanol–water partition coefficient (Wildman–Crippen LogP) is 2.48. The van der Waals surface area contributed by atoms with E-state index in [-0.39, 0.29) is 5.54 Å². The zero-order chi connectivity index (χ0) is 10.3. The van der Waals surface area contributed by atoms with Gasteiger partial charge in [0.25, 0.3) is 0 Å². The molecule has 76 valence electrons. The van der Waals surface area contributed by atoms with E-state index in [1.165, 1.54) is 11.4 Å².